The van der Waals surface area contributed by atoms with Crippen LogP contribution in [0.5, 0.6) is 0 Å². The SMILES string of the molecule is CC(C)(C)NC(=O)N(Cc1ccc(C(F)(F)F)cc1)CC1CC(c2ccc(F)cc2)=NO1. The van der Waals surface area contributed by atoms with Crippen LogP contribution >= 0.6 is 0 Å². The van der Waals surface area contributed by atoms with Crippen LogP contribution in [0.4, 0.5) is 22.4 Å². The Morgan fingerprint density at radius 1 is 1.09 bits per heavy atom. The van der Waals surface area contributed by atoms with Gasteiger partial charge in [-0.3, -0.25) is 0 Å². The average molecular weight is 451 g/mol. The molecule has 32 heavy (non-hydrogen) atoms. The molecular weight excluding hydrogens is 426 g/mol. The number of rotatable bonds is 5. The maximum atomic E-state index is 13.2. The molecule has 0 aliphatic carbocycles. The molecule has 1 N–H and O–H groups in total. The van der Waals surface area contributed by atoms with E-state index in [0.717, 1.165) is 17.7 Å². The molecule has 172 valence electrons. The molecule has 2 amide bonds. The first kappa shape index (κ1) is 23.6. The highest BCUT2D eigenvalue weighted by atomic mass is 19.4. The van der Waals surface area contributed by atoms with Gasteiger partial charge in [0.2, 0.25) is 0 Å². The predicted octanol–water partition coefficient (Wildman–Crippen LogP) is 5.35. The maximum Gasteiger partial charge on any atom is 0.416 e. The smallest absolute Gasteiger partial charge is 0.390 e. The molecule has 1 aliphatic heterocycles. The molecule has 0 aromatic heterocycles. The summed E-state index contributed by atoms with van der Waals surface area (Å²) in [6.45, 7) is 5.79. The lowest BCUT2D eigenvalue weighted by Gasteiger charge is -2.29. The average Bonchev–Trinajstić information content (AvgIpc) is 3.15. The summed E-state index contributed by atoms with van der Waals surface area (Å²) in [5.74, 6) is -0.355. The van der Waals surface area contributed by atoms with Gasteiger partial charge in [0.25, 0.3) is 0 Å². The molecular formula is C23H25F4N3O2. The quantitative estimate of drug-likeness (QED) is 0.624. The van der Waals surface area contributed by atoms with Gasteiger partial charge in [-0.05, 0) is 56.2 Å². The van der Waals surface area contributed by atoms with Gasteiger partial charge in [0.15, 0.2) is 6.10 Å². The van der Waals surface area contributed by atoms with Gasteiger partial charge in [0.05, 0.1) is 17.8 Å². The number of carbonyl (C=O) groups excluding carboxylic acids is 1. The minimum atomic E-state index is -4.42. The Balaban J connectivity index is 1.71. The van der Waals surface area contributed by atoms with E-state index in [2.05, 4.69) is 10.5 Å². The van der Waals surface area contributed by atoms with E-state index in [0.29, 0.717) is 17.7 Å². The lowest BCUT2D eigenvalue weighted by molar-refractivity contribution is -0.137. The lowest BCUT2D eigenvalue weighted by atomic mass is 10.0. The number of urea groups is 1. The second-order valence-corrected chi connectivity index (χ2v) is 8.73. The standard InChI is InChI=1S/C23H25F4N3O2/c1-22(2,3)28-21(31)30(13-15-4-8-17(9-5-15)23(25,26)27)14-19-12-20(29-32-19)16-6-10-18(24)11-7-16/h4-11,19H,12-14H2,1-3H3,(H,28,31). The molecule has 3 rings (SSSR count). The maximum absolute atomic E-state index is 13.2. The largest absolute Gasteiger partial charge is 0.416 e. The highest BCUT2D eigenvalue weighted by Crippen LogP contribution is 2.29. The van der Waals surface area contributed by atoms with Crippen molar-refractivity contribution in [2.75, 3.05) is 6.54 Å². The van der Waals surface area contributed by atoms with Crippen LogP contribution in [0, 0.1) is 5.82 Å². The first-order chi connectivity index (χ1) is 14.9. The molecule has 1 aliphatic rings. The number of benzene rings is 2. The van der Waals surface area contributed by atoms with E-state index in [4.69, 9.17) is 4.84 Å². The molecule has 0 radical (unpaired) electrons. The number of halogens is 4. The molecule has 2 aromatic rings. The summed E-state index contributed by atoms with van der Waals surface area (Å²) in [6.07, 6.45) is -4.44. The minimum absolute atomic E-state index is 0.103. The van der Waals surface area contributed by atoms with Crippen LogP contribution in [-0.2, 0) is 17.6 Å². The van der Waals surface area contributed by atoms with E-state index in [-0.39, 0.29) is 24.9 Å². The van der Waals surface area contributed by atoms with E-state index in [1.165, 1.54) is 29.2 Å². The monoisotopic (exact) mass is 451 g/mol. The first-order valence-electron chi connectivity index (χ1n) is 10.1. The van der Waals surface area contributed by atoms with Crippen molar-refractivity contribution in [3.63, 3.8) is 0 Å². The zero-order valence-corrected chi connectivity index (χ0v) is 18.0. The van der Waals surface area contributed by atoms with Crippen LogP contribution < -0.4 is 5.32 Å². The predicted molar refractivity (Wildman–Crippen MR) is 113 cm³/mol. The van der Waals surface area contributed by atoms with Crippen molar-refractivity contribution in [3.8, 4) is 0 Å². The first-order valence-corrected chi connectivity index (χ1v) is 10.1. The summed E-state index contributed by atoms with van der Waals surface area (Å²) in [5, 5.41) is 6.93. The Labute approximate surface area is 184 Å². The summed E-state index contributed by atoms with van der Waals surface area (Å²) in [7, 11) is 0. The summed E-state index contributed by atoms with van der Waals surface area (Å²) >= 11 is 0. The van der Waals surface area contributed by atoms with Gasteiger partial charge in [-0.15, -0.1) is 0 Å². The van der Waals surface area contributed by atoms with Gasteiger partial charge >= 0.3 is 12.2 Å². The number of nitrogens with zero attached hydrogens (tertiary/aromatic N) is 2. The lowest BCUT2D eigenvalue weighted by Crippen LogP contribution is -2.50. The van der Waals surface area contributed by atoms with Gasteiger partial charge in [-0.25, -0.2) is 9.18 Å². The fraction of sp³-hybridized carbons (Fsp3) is 0.391. The molecule has 0 saturated carbocycles. The van der Waals surface area contributed by atoms with Crippen molar-refractivity contribution in [3.05, 3.63) is 71.0 Å². The molecule has 5 nitrogen and oxygen atoms in total. The number of carbonyl (C=O) groups is 1. The molecule has 1 unspecified atom stereocenters. The fourth-order valence-corrected chi connectivity index (χ4v) is 3.22. The summed E-state index contributed by atoms with van der Waals surface area (Å²) in [5.41, 5.74) is 0.674. The second-order valence-electron chi connectivity index (χ2n) is 8.73. The van der Waals surface area contributed by atoms with Crippen molar-refractivity contribution in [2.45, 2.75) is 51.6 Å². The van der Waals surface area contributed by atoms with Gasteiger partial charge in [0, 0.05) is 18.5 Å². The molecule has 1 heterocycles. The highest BCUT2D eigenvalue weighted by molar-refractivity contribution is 6.01. The van der Waals surface area contributed by atoms with E-state index in [9.17, 15) is 22.4 Å². The highest BCUT2D eigenvalue weighted by Gasteiger charge is 2.31. The van der Waals surface area contributed by atoms with E-state index in [1.807, 2.05) is 20.8 Å². The van der Waals surface area contributed by atoms with Crippen LogP contribution in [0.25, 0.3) is 0 Å². The Morgan fingerprint density at radius 3 is 2.28 bits per heavy atom. The molecule has 0 spiro atoms. The summed E-state index contributed by atoms with van der Waals surface area (Å²) < 4.78 is 51.7. The third kappa shape index (κ3) is 6.45. The number of hydrogen-bond donors (Lipinski definition) is 1. The van der Waals surface area contributed by atoms with Gasteiger partial charge in [0.1, 0.15) is 5.82 Å². The van der Waals surface area contributed by atoms with Gasteiger partial charge < -0.3 is 15.1 Å². The molecule has 2 aromatic carbocycles. The fourth-order valence-electron chi connectivity index (χ4n) is 3.22. The molecule has 9 heteroatoms. The van der Waals surface area contributed by atoms with Crippen molar-refractivity contribution in [2.24, 2.45) is 5.16 Å². The molecule has 1 atom stereocenters. The third-order valence-corrected chi connectivity index (χ3v) is 4.76. The van der Waals surface area contributed by atoms with Crippen molar-refractivity contribution in [1.29, 1.82) is 0 Å². The number of alkyl halides is 3. The Morgan fingerprint density at radius 2 is 1.72 bits per heavy atom. The Kier molecular flexibility index (Phi) is 6.76. The van der Waals surface area contributed by atoms with Crippen LogP contribution in [0.2, 0.25) is 0 Å². The van der Waals surface area contributed by atoms with Crippen molar-refractivity contribution < 1.29 is 27.2 Å². The second kappa shape index (κ2) is 9.18. The minimum Gasteiger partial charge on any atom is -0.390 e. The number of hydrogen-bond acceptors (Lipinski definition) is 3. The van der Waals surface area contributed by atoms with E-state index in [1.54, 1.807) is 12.1 Å². The number of amides is 2. The topological polar surface area (TPSA) is 53.9 Å². The molecule has 0 saturated heterocycles. The third-order valence-electron chi connectivity index (χ3n) is 4.76. The van der Waals surface area contributed by atoms with E-state index >= 15 is 0 Å². The zero-order chi connectivity index (χ0) is 23.5. The normalized spacial score (nSPS) is 16.3. The summed E-state index contributed by atoms with van der Waals surface area (Å²) in [4.78, 5) is 19.8. The van der Waals surface area contributed by atoms with E-state index < -0.39 is 23.4 Å². The Hall–Kier alpha value is -3.10. The zero-order valence-electron chi connectivity index (χ0n) is 18.0. The van der Waals surface area contributed by atoms with Crippen LogP contribution in [0.1, 0.15) is 43.9 Å². The van der Waals surface area contributed by atoms with Crippen LogP contribution in [-0.4, -0.2) is 34.8 Å². The van der Waals surface area contributed by atoms with Crippen LogP contribution in [0.3, 0.4) is 0 Å². The van der Waals surface area contributed by atoms with Gasteiger partial charge in [-0.1, -0.05) is 29.4 Å². The Bertz CT molecular complexity index is 965. The molecule has 0 bridgehead atoms. The van der Waals surface area contributed by atoms with Crippen LogP contribution in [0.15, 0.2) is 53.7 Å². The van der Waals surface area contributed by atoms with Gasteiger partial charge in [-0.2, -0.15) is 13.2 Å². The summed E-state index contributed by atoms with van der Waals surface area (Å²) in [6, 6.07) is 10.2. The van der Waals surface area contributed by atoms with Crippen molar-refractivity contribution in [1.82, 2.24) is 10.2 Å². The number of oxime groups is 1. The number of nitrogens with one attached hydrogen (secondary N) is 1. The van der Waals surface area contributed by atoms with Crippen molar-refractivity contribution >= 4 is 11.7 Å². The molecule has 0 fully saturated rings.